The van der Waals surface area contributed by atoms with E-state index in [9.17, 15) is 4.79 Å². The molecular weight excluding hydrogens is 398 g/mol. The highest BCUT2D eigenvalue weighted by atomic mass is 16.2. The lowest BCUT2D eigenvalue weighted by Crippen LogP contribution is -2.60. The Morgan fingerprint density at radius 1 is 1.00 bits per heavy atom. The summed E-state index contributed by atoms with van der Waals surface area (Å²) in [7, 11) is 0. The molecule has 5 aliphatic carbocycles. The fourth-order valence-corrected chi connectivity index (χ4v) is 7.88. The van der Waals surface area contributed by atoms with Crippen LogP contribution >= 0.6 is 0 Å². The third kappa shape index (κ3) is 3.38. The van der Waals surface area contributed by atoms with Crippen molar-refractivity contribution in [3.8, 4) is 0 Å². The number of imidazole rings is 1. The maximum atomic E-state index is 13.6. The molecule has 1 amide bonds. The molecule has 0 unspecified atom stereocenters. The van der Waals surface area contributed by atoms with Crippen LogP contribution in [0.15, 0.2) is 24.4 Å². The van der Waals surface area contributed by atoms with Gasteiger partial charge >= 0.3 is 0 Å². The first kappa shape index (κ1) is 19.5. The van der Waals surface area contributed by atoms with E-state index in [4.69, 9.17) is 4.98 Å². The lowest BCUT2D eigenvalue weighted by molar-refractivity contribution is -0.0169. The van der Waals surface area contributed by atoms with Crippen LogP contribution < -0.4 is 5.32 Å². The molecule has 4 bridgehead atoms. The van der Waals surface area contributed by atoms with Crippen LogP contribution in [-0.4, -0.2) is 62.9 Å². The molecule has 170 valence electrons. The summed E-state index contributed by atoms with van der Waals surface area (Å²) < 4.78 is 2.02. The molecule has 6 fully saturated rings. The molecule has 32 heavy (non-hydrogen) atoms. The number of hydrogen-bond acceptors (Lipinski definition) is 4. The number of rotatable bonds is 5. The SMILES string of the molecule is O=C(NC12CC3CC(CC(C3)C1)C2)c1nc(CN2CCN(C3CC3)CC2)c2ccccn12. The molecule has 6 nitrogen and oxygen atoms in total. The number of piperazine rings is 1. The van der Waals surface area contributed by atoms with E-state index in [-0.39, 0.29) is 11.4 Å². The number of pyridine rings is 1. The fourth-order valence-electron chi connectivity index (χ4n) is 7.88. The lowest BCUT2D eigenvalue weighted by atomic mass is 9.53. The van der Waals surface area contributed by atoms with E-state index in [0.29, 0.717) is 5.82 Å². The summed E-state index contributed by atoms with van der Waals surface area (Å²) in [6, 6.07) is 7.04. The van der Waals surface area contributed by atoms with E-state index in [0.717, 1.165) is 67.7 Å². The van der Waals surface area contributed by atoms with Gasteiger partial charge in [0.15, 0.2) is 0 Å². The van der Waals surface area contributed by atoms with Gasteiger partial charge in [-0.25, -0.2) is 4.98 Å². The van der Waals surface area contributed by atoms with Crippen molar-refractivity contribution >= 4 is 11.4 Å². The van der Waals surface area contributed by atoms with Gasteiger partial charge in [0.1, 0.15) is 0 Å². The van der Waals surface area contributed by atoms with Crippen molar-refractivity contribution in [3.63, 3.8) is 0 Å². The molecule has 2 aromatic heterocycles. The Morgan fingerprint density at radius 3 is 2.34 bits per heavy atom. The van der Waals surface area contributed by atoms with Gasteiger partial charge in [-0.3, -0.25) is 19.0 Å². The zero-order valence-electron chi connectivity index (χ0n) is 19.0. The molecule has 6 aliphatic rings. The molecule has 3 heterocycles. The summed E-state index contributed by atoms with van der Waals surface area (Å²) in [4.78, 5) is 23.7. The average Bonchev–Trinajstić information content (AvgIpc) is 3.55. The molecule has 1 N–H and O–H groups in total. The van der Waals surface area contributed by atoms with Crippen LogP contribution in [0.3, 0.4) is 0 Å². The van der Waals surface area contributed by atoms with Gasteiger partial charge in [-0.15, -0.1) is 0 Å². The van der Waals surface area contributed by atoms with E-state index in [1.807, 2.05) is 16.7 Å². The van der Waals surface area contributed by atoms with Crippen molar-refractivity contribution < 1.29 is 4.79 Å². The molecule has 8 rings (SSSR count). The minimum atomic E-state index is 0.0196. The van der Waals surface area contributed by atoms with Crippen molar-refractivity contribution in [2.75, 3.05) is 26.2 Å². The predicted octanol–water partition coefficient (Wildman–Crippen LogP) is 3.31. The Hall–Kier alpha value is -1.92. The summed E-state index contributed by atoms with van der Waals surface area (Å²) in [5.41, 5.74) is 2.14. The Balaban J connectivity index is 1.11. The smallest absolute Gasteiger partial charge is 0.288 e. The van der Waals surface area contributed by atoms with Gasteiger partial charge in [-0.1, -0.05) is 6.07 Å². The topological polar surface area (TPSA) is 52.9 Å². The molecule has 6 heteroatoms. The molecule has 0 spiro atoms. The van der Waals surface area contributed by atoms with E-state index in [1.165, 1.54) is 51.4 Å². The van der Waals surface area contributed by atoms with Crippen LogP contribution in [-0.2, 0) is 6.54 Å². The number of nitrogens with zero attached hydrogens (tertiary/aromatic N) is 4. The van der Waals surface area contributed by atoms with E-state index >= 15 is 0 Å². The van der Waals surface area contributed by atoms with Crippen molar-refractivity contribution in [2.45, 2.75) is 69.5 Å². The van der Waals surface area contributed by atoms with Gasteiger partial charge in [-0.2, -0.15) is 0 Å². The van der Waals surface area contributed by atoms with Crippen molar-refractivity contribution in [1.82, 2.24) is 24.5 Å². The number of carbonyl (C=O) groups excluding carboxylic acids is 1. The van der Waals surface area contributed by atoms with Gasteiger partial charge in [0, 0.05) is 50.5 Å². The summed E-state index contributed by atoms with van der Waals surface area (Å²) in [6.07, 6.45) is 12.5. The van der Waals surface area contributed by atoms with Crippen molar-refractivity contribution in [1.29, 1.82) is 0 Å². The third-order valence-electron chi connectivity index (χ3n) is 9.09. The summed E-state index contributed by atoms with van der Waals surface area (Å²) in [5.74, 6) is 3.07. The standard InChI is InChI=1S/C26H35N5O/c32-25(28-26-14-18-11-19(15-26)13-20(12-18)16-26)24-27-22(23-3-1-2-6-31(23)24)17-29-7-9-30(10-8-29)21-4-5-21/h1-3,6,18-21H,4-5,7-17H2,(H,28,32). The lowest BCUT2D eigenvalue weighted by Gasteiger charge is -2.56. The van der Waals surface area contributed by atoms with Gasteiger partial charge in [-0.05, 0) is 81.3 Å². The maximum Gasteiger partial charge on any atom is 0.288 e. The van der Waals surface area contributed by atoms with Crippen molar-refractivity contribution in [3.05, 3.63) is 35.9 Å². The first-order valence-corrected chi connectivity index (χ1v) is 12.9. The second-order valence-corrected chi connectivity index (χ2v) is 11.5. The van der Waals surface area contributed by atoms with Crippen LogP contribution in [0.1, 0.15) is 67.7 Å². The van der Waals surface area contributed by atoms with Crippen LogP contribution in [0.5, 0.6) is 0 Å². The zero-order chi connectivity index (χ0) is 21.3. The molecule has 5 saturated carbocycles. The van der Waals surface area contributed by atoms with Gasteiger partial charge in [0.05, 0.1) is 11.2 Å². The molecule has 0 atom stereocenters. The number of hydrogen-bond donors (Lipinski definition) is 1. The summed E-state index contributed by atoms with van der Waals surface area (Å²) in [6.45, 7) is 5.34. The number of amides is 1. The van der Waals surface area contributed by atoms with E-state index in [1.54, 1.807) is 0 Å². The van der Waals surface area contributed by atoms with E-state index < -0.39 is 0 Å². The summed E-state index contributed by atoms with van der Waals surface area (Å²) in [5, 5.41) is 3.53. The number of carbonyl (C=O) groups is 1. The minimum absolute atomic E-state index is 0.0196. The van der Waals surface area contributed by atoms with Gasteiger partial charge in [0.25, 0.3) is 5.91 Å². The highest BCUT2D eigenvalue weighted by Crippen LogP contribution is 2.55. The molecule has 1 saturated heterocycles. The third-order valence-corrected chi connectivity index (χ3v) is 9.09. The van der Waals surface area contributed by atoms with Crippen LogP contribution in [0, 0.1) is 17.8 Å². The highest BCUT2D eigenvalue weighted by molar-refractivity contribution is 5.92. The maximum absolute atomic E-state index is 13.6. The molecule has 2 aromatic rings. The highest BCUT2D eigenvalue weighted by Gasteiger charge is 2.51. The van der Waals surface area contributed by atoms with Gasteiger partial charge in [0.2, 0.25) is 5.82 Å². The normalized spacial score (nSPS) is 34.9. The minimum Gasteiger partial charge on any atom is -0.344 e. The Kier molecular flexibility index (Phi) is 4.45. The molecular formula is C26H35N5O. The quantitative estimate of drug-likeness (QED) is 0.786. The Bertz CT molecular complexity index is 997. The molecule has 0 radical (unpaired) electrons. The monoisotopic (exact) mass is 433 g/mol. The predicted molar refractivity (Wildman–Crippen MR) is 123 cm³/mol. The largest absolute Gasteiger partial charge is 0.344 e. The zero-order valence-corrected chi connectivity index (χ0v) is 19.0. The van der Waals surface area contributed by atoms with Crippen LogP contribution in [0.2, 0.25) is 0 Å². The first-order valence-electron chi connectivity index (χ1n) is 12.9. The van der Waals surface area contributed by atoms with Crippen LogP contribution in [0.25, 0.3) is 5.52 Å². The van der Waals surface area contributed by atoms with E-state index in [2.05, 4.69) is 27.2 Å². The second-order valence-electron chi connectivity index (χ2n) is 11.5. The first-order chi connectivity index (χ1) is 15.6. The number of fused-ring (bicyclic) bond motifs is 1. The van der Waals surface area contributed by atoms with Gasteiger partial charge < -0.3 is 5.32 Å². The molecule has 1 aliphatic heterocycles. The number of aromatic nitrogens is 2. The van der Waals surface area contributed by atoms with Crippen LogP contribution in [0.4, 0.5) is 0 Å². The number of nitrogens with one attached hydrogen (secondary N) is 1. The summed E-state index contributed by atoms with van der Waals surface area (Å²) >= 11 is 0. The molecule has 0 aromatic carbocycles. The van der Waals surface area contributed by atoms with Crippen molar-refractivity contribution in [2.24, 2.45) is 17.8 Å². The fraction of sp³-hybridized carbons (Fsp3) is 0.692. The second kappa shape index (κ2) is 7.29. The Morgan fingerprint density at radius 2 is 1.69 bits per heavy atom. The Labute approximate surface area is 190 Å². The average molecular weight is 434 g/mol.